The molecule has 0 aromatic heterocycles. The van der Waals surface area contributed by atoms with Crippen LogP contribution in [0.25, 0.3) is 0 Å². The van der Waals surface area contributed by atoms with Crippen LogP contribution in [0.3, 0.4) is 0 Å². The van der Waals surface area contributed by atoms with E-state index >= 15 is 0 Å². The highest BCUT2D eigenvalue weighted by molar-refractivity contribution is 7.80. The summed E-state index contributed by atoms with van der Waals surface area (Å²) in [6, 6.07) is -0.452. The predicted molar refractivity (Wildman–Crippen MR) is 104 cm³/mol. The second kappa shape index (κ2) is 10.0. The van der Waals surface area contributed by atoms with Crippen LogP contribution in [-0.2, 0) is 4.74 Å². The summed E-state index contributed by atoms with van der Waals surface area (Å²) in [4.78, 5) is 12.3. The lowest BCUT2D eigenvalue weighted by Gasteiger charge is -2.36. The maximum atomic E-state index is 12.3. The Hall–Kier alpha value is -0.460. The van der Waals surface area contributed by atoms with E-state index in [9.17, 15) is 15.0 Å². The number of amides is 1. The summed E-state index contributed by atoms with van der Waals surface area (Å²) in [6.07, 6.45) is 5.19. The van der Waals surface area contributed by atoms with Crippen molar-refractivity contribution in [2.45, 2.75) is 96.3 Å². The third-order valence-electron chi connectivity index (χ3n) is 4.93. The highest BCUT2D eigenvalue weighted by Gasteiger charge is 2.36. The summed E-state index contributed by atoms with van der Waals surface area (Å²) in [5.41, 5.74) is -1.53. The third kappa shape index (κ3) is 8.18. The van der Waals surface area contributed by atoms with Crippen molar-refractivity contribution in [1.82, 2.24) is 5.32 Å². The molecule has 0 saturated heterocycles. The van der Waals surface area contributed by atoms with Gasteiger partial charge in [-0.3, -0.25) is 0 Å². The molecular weight excluding hydrogens is 338 g/mol. The molecule has 0 radical (unpaired) electrons. The Morgan fingerprint density at radius 1 is 1.20 bits per heavy atom. The third-order valence-corrected chi connectivity index (χ3v) is 5.28. The molecule has 1 saturated carbocycles. The Balaban J connectivity index is 2.86. The Morgan fingerprint density at radius 3 is 2.20 bits per heavy atom. The van der Waals surface area contributed by atoms with Crippen molar-refractivity contribution < 1.29 is 19.7 Å². The molecule has 4 atom stereocenters. The molecule has 1 aliphatic rings. The molecule has 0 spiro atoms. The number of aliphatic hydroxyl groups is 2. The lowest BCUT2D eigenvalue weighted by molar-refractivity contribution is -0.00878. The van der Waals surface area contributed by atoms with E-state index in [-0.39, 0.29) is 5.92 Å². The SMILES string of the molecule is CC(C)C(C(O)S)C(O)C(CC1CCCCC1)NC(=O)OC(C)(C)C. The number of ether oxygens (including phenoxy) is 1. The summed E-state index contributed by atoms with van der Waals surface area (Å²) in [5.74, 6) is 0.0943. The largest absolute Gasteiger partial charge is 0.444 e. The topological polar surface area (TPSA) is 78.8 Å². The van der Waals surface area contributed by atoms with E-state index in [1.54, 1.807) is 0 Å². The van der Waals surface area contributed by atoms with Gasteiger partial charge in [0.05, 0.1) is 12.1 Å². The average molecular weight is 376 g/mol. The van der Waals surface area contributed by atoms with Crippen LogP contribution in [0.4, 0.5) is 4.79 Å². The van der Waals surface area contributed by atoms with Gasteiger partial charge in [-0.05, 0) is 39.0 Å². The maximum absolute atomic E-state index is 12.3. The minimum atomic E-state index is -0.940. The van der Waals surface area contributed by atoms with Crippen LogP contribution in [0.1, 0.15) is 73.1 Å². The first-order chi connectivity index (χ1) is 11.5. The van der Waals surface area contributed by atoms with Gasteiger partial charge in [-0.15, -0.1) is 12.6 Å². The maximum Gasteiger partial charge on any atom is 0.407 e. The Labute approximate surface area is 158 Å². The first-order valence-electron chi connectivity index (χ1n) is 9.55. The van der Waals surface area contributed by atoms with Gasteiger partial charge in [0.15, 0.2) is 0 Å². The van der Waals surface area contributed by atoms with E-state index < -0.39 is 35.2 Å². The Kier molecular flexibility index (Phi) is 9.05. The minimum absolute atomic E-state index is 0.0387. The van der Waals surface area contributed by atoms with Gasteiger partial charge < -0.3 is 20.3 Å². The first kappa shape index (κ1) is 22.6. The lowest BCUT2D eigenvalue weighted by Crippen LogP contribution is -2.51. The summed E-state index contributed by atoms with van der Waals surface area (Å²) in [6.45, 7) is 9.32. The monoisotopic (exact) mass is 375 g/mol. The van der Waals surface area contributed by atoms with Crippen molar-refractivity contribution in [3.8, 4) is 0 Å². The van der Waals surface area contributed by atoms with E-state index in [1.807, 2.05) is 34.6 Å². The summed E-state index contributed by atoms with van der Waals surface area (Å²) < 4.78 is 5.37. The standard InChI is InChI=1S/C19H37NO4S/c1-12(2)15(17(22)25)16(21)14(11-13-9-7-6-8-10-13)20-18(23)24-19(3,4)5/h12-17,21-22,25H,6-11H2,1-5H3,(H,20,23). The number of carbonyl (C=O) groups is 1. The van der Waals surface area contributed by atoms with Gasteiger partial charge in [-0.25, -0.2) is 4.79 Å². The van der Waals surface area contributed by atoms with Gasteiger partial charge >= 0.3 is 6.09 Å². The highest BCUT2D eigenvalue weighted by Crippen LogP contribution is 2.31. The van der Waals surface area contributed by atoms with Gasteiger partial charge in [0, 0.05) is 5.92 Å². The van der Waals surface area contributed by atoms with Gasteiger partial charge in [0.2, 0.25) is 0 Å². The molecule has 3 N–H and O–H groups in total. The molecule has 1 fully saturated rings. The molecule has 0 aromatic carbocycles. The van der Waals surface area contributed by atoms with Crippen molar-refractivity contribution in [2.75, 3.05) is 0 Å². The number of hydrogen-bond donors (Lipinski definition) is 4. The molecule has 1 rings (SSSR count). The quantitative estimate of drug-likeness (QED) is 0.404. The number of nitrogens with one attached hydrogen (secondary N) is 1. The zero-order valence-corrected chi connectivity index (χ0v) is 17.3. The van der Waals surface area contributed by atoms with E-state index in [4.69, 9.17) is 4.74 Å². The van der Waals surface area contributed by atoms with Gasteiger partial charge in [-0.2, -0.15) is 0 Å². The van der Waals surface area contributed by atoms with Crippen LogP contribution >= 0.6 is 12.6 Å². The summed E-state index contributed by atoms with van der Waals surface area (Å²) >= 11 is 4.14. The molecule has 0 heterocycles. The van der Waals surface area contributed by atoms with Gasteiger partial charge in [0.25, 0.3) is 0 Å². The molecule has 5 nitrogen and oxygen atoms in total. The van der Waals surface area contributed by atoms with Gasteiger partial charge in [0.1, 0.15) is 11.0 Å². The zero-order valence-electron chi connectivity index (χ0n) is 16.4. The average Bonchev–Trinajstić information content (AvgIpc) is 2.44. The van der Waals surface area contributed by atoms with Crippen LogP contribution in [0.2, 0.25) is 0 Å². The van der Waals surface area contributed by atoms with E-state index in [0.717, 1.165) is 12.8 Å². The second-order valence-corrected chi connectivity index (χ2v) is 9.25. The lowest BCUT2D eigenvalue weighted by atomic mass is 9.79. The predicted octanol–water partition coefficient (Wildman–Crippen LogP) is 3.73. The molecular formula is C19H37NO4S. The van der Waals surface area contributed by atoms with Crippen LogP contribution in [0.15, 0.2) is 0 Å². The van der Waals surface area contributed by atoms with Crippen LogP contribution in [-0.4, -0.2) is 39.5 Å². The highest BCUT2D eigenvalue weighted by atomic mass is 32.1. The molecule has 0 aliphatic heterocycles. The summed E-state index contributed by atoms with van der Waals surface area (Å²) in [5, 5.41) is 23.8. The van der Waals surface area contributed by atoms with Crippen molar-refractivity contribution in [2.24, 2.45) is 17.8 Å². The molecule has 25 heavy (non-hydrogen) atoms. The van der Waals surface area contributed by atoms with E-state index in [0.29, 0.717) is 12.3 Å². The molecule has 0 aromatic rings. The number of thiol groups is 1. The Morgan fingerprint density at radius 2 is 1.76 bits per heavy atom. The fourth-order valence-electron chi connectivity index (χ4n) is 3.71. The molecule has 0 bridgehead atoms. The molecule has 4 unspecified atom stereocenters. The van der Waals surface area contributed by atoms with Crippen molar-refractivity contribution in [1.29, 1.82) is 0 Å². The Bertz CT molecular complexity index is 395. The van der Waals surface area contributed by atoms with Crippen LogP contribution < -0.4 is 5.32 Å². The number of carbonyl (C=O) groups excluding carboxylic acids is 1. The molecule has 148 valence electrons. The summed E-state index contributed by atoms with van der Waals surface area (Å²) in [7, 11) is 0. The smallest absolute Gasteiger partial charge is 0.407 e. The van der Waals surface area contributed by atoms with Crippen molar-refractivity contribution in [3.63, 3.8) is 0 Å². The number of alkyl carbamates (subject to hydrolysis) is 1. The van der Waals surface area contributed by atoms with Crippen LogP contribution in [0, 0.1) is 17.8 Å². The minimum Gasteiger partial charge on any atom is -0.444 e. The fraction of sp³-hybridized carbons (Fsp3) is 0.947. The zero-order chi connectivity index (χ0) is 19.2. The fourth-order valence-corrected chi connectivity index (χ4v) is 4.23. The van der Waals surface area contributed by atoms with Crippen molar-refractivity contribution >= 4 is 18.7 Å². The van der Waals surface area contributed by atoms with Crippen molar-refractivity contribution in [3.05, 3.63) is 0 Å². The second-order valence-electron chi connectivity index (χ2n) is 8.72. The van der Waals surface area contributed by atoms with Gasteiger partial charge in [-0.1, -0.05) is 46.0 Å². The van der Waals surface area contributed by atoms with Crippen LogP contribution in [0.5, 0.6) is 0 Å². The molecule has 1 aliphatic carbocycles. The molecule has 1 amide bonds. The van der Waals surface area contributed by atoms with E-state index in [1.165, 1.54) is 19.3 Å². The number of rotatable bonds is 7. The number of aliphatic hydroxyl groups excluding tert-OH is 2. The first-order valence-corrected chi connectivity index (χ1v) is 10.1. The molecule has 6 heteroatoms. The number of hydrogen-bond acceptors (Lipinski definition) is 5. The normalized spacial score (nSPS) is 21.5. The van der Waals surface area contributed by atoms with E-state index in [2.05, 4.69) is 17.9 Å².